The molecule has 3 aromatic rings. The minimum atomic E-state index is 0.122. The standard InChI is InChI=1S/C24H30N8OS/c1-19-6-8-20(9-7-19)32-23(31-12-3-2-4-13-31)27-28-24(32)34-18-21(33)29-14-16-30(17-15-29)22-25-10-5-11-26-22/h5-11H,2-4,12-18H2,1H3. The van der Waals surface area contributed by atoms with Gasteiger partial charge in [-0.1, -0.05) is 29.5 Å². The van der Waals surface area contributed by atoms with Gasteiger partial charge in [0.05, 0.1) is 11.4 Å². The molecule has 0 N–H and O–H groups in total. The van der Waals surface area contributed by atoms with E-state index in [1.807, 2.05) is 11.0 Å². The minimum Gasteiger partial charge on any atom is -0.341 e. The predicted octanol–water partition coefficient (Wildman–Crippen LogP) is 2.80. The average molecular weight is 479 g/mol. The van der Waals surface area contributed by atoms with Crippen LogP contribution in [0.3, 0.4) is 0 Å². The van der Waals surface area contributed by atoms with Gasteiger partial charge in [-0.25, -0.2) is 9.97 Å². The van der Waals surface area contributed by atoms with E-state index in [4.69, 9.17) is 0 Å². The number of anilines is 2. The lowest BCUT2D eigenvalue weighted by Gasteiger charge is -2.34. The molecule has 178 valence electrons. The fourth-order valence-corrected chi connectivity index (χ4v) is 5.25. The zero-order valence-electron chi connectivity index (χ0n) is 19.5. The van der Waals surface area contributed by atoms with Crippen LogP contribution in [0.15, 0.2) is 47.9 Å². The maximum atomic E-state index is 13.0. The number of rotatable bonds is 6. The molecule has 2 aliphatic rings. The van der Waals surface area contributed by atoms with Crippen LogP contribution in [0.25, 0.3) is 5.69 Å². The molecule has 0 spiro atoms. The average Bonchev–Trinajstić information content (AvgIpc) is 3.33. The van der Waals surface area contributed by atoms with E-state index in [0.29, 0.717) is 18.8 Å². The Bertz CT molecular complexity index is 1090. The first-order valence-electron chi connectivity index (χ1n) is 11.9. The second kappa shape index (κ2) is 10.4. The van der Waals surface area contributed by atoms with Gasteiger partial charge in [0, 0.05) is 51.7 Å². The fraction of sp³-hybridized carbons (Fsp3) is 0.458. The molecule has 2 saturated heterocycles. The molecule has 34 heavy (non-hydrogen) atoms. The Morgan fingerprint density at radius 3 is 2.29 bits per heavy atom. The Morgan fingerprint density at radius 1 is 0.882 bits per heavy atom. The van der Waals surface area contributed by atoms with Crippen molar-refractivity contribution in [1.29, 1.82) is 0 Å². The number of carbonyl (C=O) groups is 1. The lowest BCUT2D eigenvalue weighted by atomic mass is 10.1. The van der Waals surface area contributed by atoms with Crippen LogP contribution in [0.5, 0.6) is 0 Å². The molecule has 4 heterocycles. The van der Waals surface area contributed by atoms with E-state index in [1.165, 1.54) is 36.6 Å². The van der Waals surface area contributed by atoms with E-state index in [1.54, 1.807) is 12.4 Å². The van der Waals surface area contributed by atoms with Gasteiger partial charge >= 0.3 is 0 Å². The van der Waals surface area contributed by atoms with Crippen LogP contribution in [0.2, 0.25) is 0 Å². The molecule has 0 unspecified atom stereocenters. The normalized spacial score (nSPS) is 16.7. The summed E-state index contributed by atoms with van der Waals surface area (Å²) in [5.41, 5.74) is 2.24. The summed E-state index contributed by atoms with van der Waals surface area (Å²) in [5.74, 6) is 2.05. The summed E-state index contributed by atoms with van der Waals surface area (Å²) in [6, 6.07) is 10.2. The van der Waals surface area contributed by atoms with Crippen LogP contribution in [0.4, 0.5) is 11.9 Å². The highest BCUT2D eigenvalue weighted by atomic mass is 32.2. The Balaban J connectivity index is 1.26. The monoisotopic (exact) mass is 478 g/mol. The summed E-state index contributed by atoms with van der Waals surface area (Å²) < 4.78 is 2.10. The molecule has 1 amide bonds. The summed E-state index contributed by atoms with van der Waals surface area (Å²) in [6.45, 7) is 6.87. The van der Waals surface area contributed by atoms with Gasteiger partial charge < -0.3 is 14.7 Å². The highest BCUT2D eigenvalue weighted by Gasteiger charge is 2.25. The molecule has 10 heteroatoms. The van der Waals surface area contributed by atoms with Crippen molar-refractivity contribution < 1.29 is 4.79 Å². The second-order valence-electron chi connectivity index (χ2n) is 8.71. The van der Waals surface area contributed by atoms with Crippen molar-refractivity contribution in [3.05, 3.63) is 48.3 Å². The van der Waals surface area contributed by atoms with Crippen LogP contribution >= 0.6 is 11.8 Å². The van der Waals surface area contributed by atoms with Gasteiger partial charge in [0.1, 0.15) is 0 Å². The van der Waals surface area contributed by atoms with E-state index in [0.717, 1.165) is 48.9 Å². The number of aryl methyl sites for hydroxylation is 1. The molecule has 0 atom stereocenters. The number of hydrogen-bond donors (Lipinski definition) is 0. The van der Waals surface area contributed by atoms with Crippen molar-refractivity contribution >= 4 is 29.6 Å². The number of amides is 1. The van der Waals surface area contributed by atoms with Gasteiger partial charge in [0.2, 0.25) is 17.8 Å². The number of carbonyl (C=O) groups excluding carboxylic acids is 1. The van der Waals surface area contributed by atoms with Gasteiger partial charge in [-0.3, -0.25) is 9.36 Å². The third-order valence-electron chi connectivity index (χ3n) is 6.34. The van der Waals surface area contributed by atoms with E-state index in [-0.39, 0.29) is 5.91 Å². The molecule has 0 aliphatic carbocycles. The Hall–Kier alpha value is -3.14. The number of nitrogens with zero attached hydrogens (tertiary/aromatic N) is 8. The molecule has 5 rings (SSSR count). The largest absolute Gasteiger partial charge is 0.341 e. The fourth-order valence-electron chi connectivity index (χ4n) is 4.40. The molecule has 2 aliphatic heterocycles. The highest BCUT2D eigenvalue weighted by Crippen LogP contribution is 2.29. The summed E-state index contributed by atoms with van der Waals surface area (Å²) >= 11 is 1.46. The van der Waals surface area contributed by atoms with Crippen molar-refractivity contribution in [3.8, 4) is 5.69 Å². The Labute approximate surface area is 204 Å². The number of thioether (sulfide) groups is 1. The van der Waals surface area contributed by atoms with Crippen molar-refractivity contribution in [2.75, 3.05) is 54.8 Å². The van der Waals surface area contributed by atoms with Crippen LogP contribution in [0, 0.1) is 6.92 Å². The van der Waals surface area contributed by atoms with E-state index < -0.39 is 0 Å². The van der Waals surface area contributed by atoms with Crippen LogP contribution in [-0.4, -0.2) is 80.6 Å². The molecular formula is C24H30N8OS. The first-order chi connectivity index (χ1) is 16.7. The van der Waals surface area contributed by atoms with Gasteiger partial charge in [0.15, 0.2) is 5.16 Å². The molecule has 0 bridgehead atoms. The van der Waals surface area contributed by atoms with E-state index >= 15 is 0 Å². The summed E-state index contributed by atoms with van der Waals surface area (Å²) in [5, 5.41) is 9.80. The van der Waals surface area contributed by atoms with Gasteiger partial charge in [0.25, 0.3) is 0 Å². The SMILES string of the molecule is Cc1ccc(-n2c(SCC(=O)N3CCN(c4ncccn4)CC3)nnc2N2CCCCC2)cc1. The number of benzene rings is 1. The van der Waals surface area contributed by atoms with Crippen molar-refractivity contribution in [3.63, 3.8) is 0 Å². The van der Waals surface area contributed by atoms with Crippen molar-refractivity contribution in [2.24, 2.45) is 0 Å². The number of piperidine rings is 1. The van der Waals surface area contributed by atoms with E-state index in [9.17, 15) is 4.79 Å². The Morgan fingerprint density at radius 2 is 1.59 bits per heavy atom. The molecular weight excluding hydrogens is 448 g/mol. The predicted molar refractivity (Wildman–Crippen MR) is 134 cm³/mol. The maximum absolute atomic E-state index is 13.0. The van der Waals surface area contributed by atoms with Gasteiger partial charge in [-0.05, 0) is 44.4 Å². The van der Waals surface area contributed by atoms with Crippen molar-refractivity contribution in [1.82, 2.24) is 29.6 Å². The smallest absolute Gasteiger partial charge is 0.233 e. The van der Waals surface area contributed by atoms with Crippen LogP contribution in [0.1, 0.15) is 24.8 Å². The zero-order valence-corrected chi connectivity index (χ0v) is 20.3. The molecule has 9 nitrogen and oxygen atoms in total. The quantitative estimate of drug-likeness (QED) is 0.500. The zero-order chi connectivity index (χ0) is 23.3. The molecule has 1 aromatic carbocycles. The lowest BCUT2D eigenvalue weighted by molar-refractivity contribution is -0.128. The number of hydrogen-bond acceptors (Lipinski definition) is 8. The van der Waals surface area contributed by atoms with Crippen LogP contribution < -0.4 is 9.80 Å². The Kier molecular flexibility index (Phi) is 6.94. The lowest BCUT2D eigenvalue weighted by Crippen LogP contribution is -2.49. The first kappa shape index (κ1) is 22.6. The molecule has 2 fully saturated rings. The number of piperazine rings is 1. The van der Waals surface area contributed by atoms with Gasteiger partial charge in [-0.15, -0.1) is 10.2 Å². The minimum absolute atomic E-state index is 0.122. The van der Waals surface area contributed by atoms with Crippen LogP contribution in [-0.2, 0) is 4.79 Å². The number of aromatic nitrogens is 5. The maximum Gasteiger partial charge on any atom is 0.233 e. The molecule has 2 aromatic heterocycles. The summed E-state index contributed by atoms with van der Waals surface area (Å²) in [6.07, 6.45) is 7.09. The summed E-state index contributed by atoms with van der Waals surface area (Å²) in [4.78, 5) is 28.0. The topological polar surface area (TPSA) is 83.3 Å². The van der Waals surface area contributed by atoms with Crippen molar-refractivity contribution in [2.45, 2.75) is 31.3 Å². The highest BCUT2D eigenvalue weighted by molar-refractivity contribution is 7.99. The third-order valence-corrected chi connectivity index (χ3v) is 7.25. The first-order valence-corrected chi connectivity index (χ1v) is 12.9. The molecule has 0 saturated carbocycles. The van der Waals surface area contributed by atoms with E-state index in [2.05, 4.69) is 65.7 Å². The molecule has 0 radical (unpaired) electrons. The summed E-state index contributed by atoms with van der Waals surface area (Å²) in [7, 11) is 0. The second-order valence-corrected chi connectivity index (χ2v) is 9.65. The third kappa shape index (κ3) is 5.01. The van der Waals surface area contributed by atoms with Gasteiger partial charge in [-0.2, -0.15) is 0 Å².